The number of carbonyl (C=O) groups excluding carboxylic acids is 3. The van der Waals surface area contributed by atoms with E-state index < -0.39 is 41.0 Å². The number of anilines is 1. The van der Waals surface area contributed by atoms with E-state index in [4.69, 9.17) is 14.2 Å². The van der Waals surface area contributed by atoms with E-state index in [9.17, 15) is 18.8 Å². The Morgan fingerprint density at radius 3 is 1.73 bits per heavy atom. The molecule has 0 bridgehead atoms. The molecule has 1 aromatic heterocycles. The molecule has 2 amide bonds. The van der Waals surface area contributed by atoms with E-state index in [2.05, 4.69) is 36.5 Å². The van der Waals surface area contributed by atoms with Crippen LogP contribution in [0.1, 0.15) is 117 Å². The summed E-state index contributed by atoms with van der Waals surface area (Å²) in [6, 6.07) is 0. The van der Waals surface area contributed by atoms with Crippen LogP contribution in [0.25, 0.3) is 0 Å². The SMILES string of the molecule is CC.CC.CC.CCC.CCC(C)(C)OC(=O)N(C(=O)OC(C)(C)C)c1cnn(CCOC(C)=O)c1F.CNS. The second-order valence-electron chi connectivity index (χ2n) is 8.61. The highest BCUT2D eigenvalue weighted by Gasteiger charge is 2.36. The molecule has 0 saturated heterocycles. The fourth-order valence-corrected chi connectivity index (χ4v) is 1.88. The smallest absolute Gasteiger partial charge is 0.424 e. The molecule has 0 aliphatic carbocycles. The molecule has 10 nitrogen and oxygen atoms in total. The Bertz CT molecular complexity index is 766. The number of thiol groups is 1. The largest absolute Gasteiger partial charge is 0.464 e. The molecular formula is C28H59FN4O6S. The van der Waals surface area contributed by atoms with Crippen molar-refractivity contribution in [2.75, 3.05) is 18.6 Å². The Morgan fingerprint density at radius 1 is 0.975 bits per heavy atom. The van der Waals surface area contributed by atoms with E-state index in [0.29, 0.717) is 11.3 Å². The molecule has 40 heavy (non-hydrogen) atoms. The number of nitrogens with one attached hydrogen (secondary N) is 1. The van der Waals surface area contributed by atoms with Gasteiger partial charge in [0.2, 0.25) is 5.95 Å². The average molecular weight is 599 g/mol. The van der Waals surface area contributed by atoms with Gasteiger partial charge in [0.05, 0.1) is 12.7 Å². The lowest BCUT2D eigenvalue weighted by molar-refractivity contribution is -0.141. The van der Waals surface area contributed by atoms with Gasteiger partial charge in [0.15, 0.2) is 0 Å². The van der Waals surface area contributed by atoms with Crippen molar-refractivity contribution in [1.82, 2.24) is 14.5 Å². The third-order valence-electron chi connectivity index (χ3n) is 3.58. The van der Waals surface area contributed by atoms with Gasteiger partial charge >= 0.3 is 18.2 Å². The summed E-state index contributed by atoms with van der Waals surface area (Å²) in [6.07, 6.45) is 0.556. The molecular weight excluding hydrogens is 539 g/mol. The number of halogens is 1. The number of hydrogen-bond donors (Lipinski definition) is 2. The normalized spacial score (nSPS) is 9.55. The number of amides is 2. The Balaban J connectivity index is -0.000000294. The van der Waals surface area contributed by atoms with Crippen LogP contribution in [0.4, 0.5) is 19.7 Å². The van der Waals surface area contributed by atoms with Crippen molar-refractivity contribution in [2.45, 2.75) is 134 Å². The molecule has 0 saturated carbocycles. The third-order valence-corrected chi connectivity index (χ3v) is 3.58. The van der Waals surface area contributed by atoms with Gasteiger partial charge in [0.1, 0.15) is 23.5 Å². The minimum Gasteiger partial charge on any atom is -0.464 e. The molecule has 1 rings (SSSR count). The first kappa shape index (κ1) is 47.4. The number of hydrogen-bond acceptors (Lipinski definition) is 9. The zero-order valence-corrected chi connectivity index (χ0v) is 28.9. The Morgan fingerprint density at radius 2 is 1.38 bits per heavy atom. The number of imide groups is 1. The second-order valence-corrected chi connectivity index (χ2v) is 9.06. The van der Waals surface area contributed by atoms with Gasteiger partial charge in [-0.3, -0.25) is 9.52 Å². The molecule has 0 aliphatic rings. The molecule has 0 aromatic carbocycles. The summed E-state index contributed by atoms with van der Waals surface area (Å²) < 4.78 is 33.4. The van der Waals surface area contributed by atoms with E-state index in [-0.39, 0.29) is 13.2 Å². The van der Waals surface area contributed by atoms with Gasteiger partial charge in [-0.05, 0) is 48.1 Å². The molecule has 1 N–H and O–H groups in total. The summed E-state index contributed by atoms with van der Waals surface area (Å²) in [5.41, 5.74) is -2.22. The van der Waals surface area contributed by atoms with Crippen LogP contribution in [0, 0.1) is 5.95 Å². The fraction of sp³-hybridized carbons (Fsp3) is 0.786. The van der Waals surface area contributed by atoms with Gasteiger partial charge in [-0.25, -0.2) is 14.3 Å². The monoisotopic (exact) mass is 598 g/mol. The molecule has 1 aromatic rings. The number of ether oxygens (including phenoxy) is 3. The maximum absolute atomic E-state index is 14.8. The molecule has 0 radical (unpaired) electrons. The third kappa shape index (κ3) is 24.7. The Labute approximate surface area is 249 Å². The van der Waals surface area contributed by atoms with Crippen molar-refractivity contribution in [3.63, 3.8) is 0 Å². The van der Waals surface area contributed by atoms with E-state index in [0.717, 1.165) is 10.9 Å². The van der Waals surface area contributed by atoms with Crippen LogP contribution in [-0.2, 0) is 25.5 Å². The summed E-state index contributed by atoms with van der Waals surface area (Å²) in [4.78, 5) is 36.5. The molecule has 0 spiro atoms. The maximum atomic E-state index is 14.8. The molecule has 0 fully saturated rings. The van der Waals surface area contributed by atoms with Crippen LogP contribution in [-0.4, -0.2) is 52.8 Å². The van der Waals surface area contributed by atoms with E-state index >= 15 is 0 Å². The summed E-state index contributed by atoms with van der Waals surface area (Å²) >= 11 is 3.54. The van der Waals surface area contributed by atoms with Gasteiger partial charge in [0.25, 0.3) is 0 Å². The number of esters is 1. The number of nitrogens with zero attached hydrogens (tertiary/aromatic N) is 3. The molecule has 0 atom stereocenters. The zero-order chi connectivity index (χ0) is 33.1. The predicted octanol–water partition coefficient (Wildman–Crippen LogP) is 8.20. The van der Waals surface area contributed by atoms with Gasteiger partial charge < -0.3 is 14.2 Å². The summed E-state index contributed by atoms with van der Waals surface area (Å²) in [5.74, 6) is -1.49. The molecule has 1 heterocycles. The summed E-state index contributed by atoms with van der Waals surface area (Å²) in [7, 11) is 1.74. The first-order chi connectivity index (χ1) is 18.6. The van der Waals surface area contributed by atoms with E-state index in [1.54, 1.807) is 48.6 Å². The Hall–Kier alpha value is -2.34. The number of rotatable bonds is 6. The minimum atomic E-state index is -1.09. The predicted molar refractivity (Wildman–Crippen MR) is 166 cm³/mol. The standard InChI is InChI=1S/C18H28FN3O6.C3H8.3C2H6.CH5NS/c1-8-18(6,7)28-16(25)22(15(24)27-17(3,4)5)13-11-20-21(14(13)19)9-10-26-12(2)23;1-3-2;3*1-2;1-2-3/h11H,8-10H2,1-7H3;3H2,1-2H3;3*1-2H3;2-3H,1H3. The lowest BCUT2D eigenvalue weighted by Gasteiger charge is -2.29. The van der Waals surface area contributed by atoms with Crippen molar-refractivity contribution >= 4 is 36.7 Å². The quantitative estimate of drug-likeness (QED) is 0.191. The van der Waals surface area contributed by atoms with Gasteiger partial charge in [-0.15, -0.1) is 0 Å². The second kappa shape index (κ2) is 28.2. The molecule has 0 unspecified atom stereocenters. The maximum Gasteiger partial charge on any atom is 0.424 e. The van der Waals surface area contributed by atoms with Crippen LogP contribution < -0.4 is 9.62 Å². The molecule has 12 heteroatoms. The van der Waals surface area contributed by atoms with Gasteiger partial charge in [-0.2, -0.15) is 14.4 Å². The van der Waals surface area contributed by atoms with Gasteiger partial charge in [-0.1, -0.05) is 81.5 Å². The Kier molecular flexibility index (Phi) is 33.4. The van der Waals surface area contributed by atoms with Crippen molar-refractivity contribution in [3.8, 4) is 0 Å². The van der Waals surface area contributed by atoms with E-state index in [1.807, 2.05) is 41.5 Å². The van der Waals surface area contributed by atoms with Gasteiger partial charge in [0, 0.05) is 6.92 Å². The number of aromatic nitrogens is 2. The van der Waals surface area contributed by atoms with Crippen molar-refractivity contribution < 1.29 is 33.0 Å². The first-order valence-corrected chi connectivity index (χ1v) is 14.5. The topological polar surface area (TPSA) is 112 Å². The first-order valence-electron chi connectivity index (χ1n) is 14.0. The minimum absolute atomic E-state index is 0.0942. The lowest BCUT2D eigenvalue weighted by atomic mass is 10.1. The van der Waals surface area contributed by atoms with Crippen LogP contribution in [0.2, 0.25) is 0 Å². The van der Waals surface area contributed by atoms with Crippen LogP contribution in [0.5, 0.6) is 0 Å². The van der Waals surface area contributed by atoms with Crippen molar-refractivity contribution in [3.05, 3.63) is 12.1 Å². The van der Waals surface area contributed by atoms with Crippen molar-refractivity contribution in [2.24, 2.45) is 0 Å². The number of carbonyl (C=O) groups is 3. The molecule has 0 aliphatic heterocycles. The summed E-state index contributed by atoms with van der Waals surface area (Å²) in [5, 5.41) is 3.80. The zero-order valence-electron chi connectivity index (χ0n) is 28.0. The highest BCUT2D eigenvalue weighted by molar-refractivity contribution is 7.78. The van der Waals surface area contributed by atoms with Crippen LogP contribution in [0.3, 0.4) is 0 Å². The van der Waals surface area contributed by atoms with E-state index in [1.165, 1.54) is 13.3 Å². The van der Waals surface area contributed by atoms with Crippen LogP contribution in [0.15, 0.2) is 6.20 Å². The fourth-order valence-electron chi connectivity index (χ4n) is 1.88. The van der Waals surface area contributed by atoms with Crippen molar-refractivity contribution in [1.29, 1.82) is 0 Å². The lowest BCUT2D eigenvalue weighted by Crippen LogP contribution is -2.44. The van der Waals surface area contributed by atoms with Crippen LogP contribution >= 0.6 is 12.8 Å². The summed E-state index contributed by atoms with van der Waals surface area (Å²) in [6.45, 7) is 27.2. The molecule has 240 valence electrons. The average Bonchev–Trinajstić information content (AvgIpc) is 3.22. The highest BCUT2D eigenvalue weighted by Crippen LogP contribution is 2.25. The highest BCUT2D eigenvalue weighted by atomic mass is 32.1.